The van der Waals surface area contributed by atoms with E-state index < -0.39 is 0 Å². The molecule has 2 fully saturated rings. The third-order valence-electron chi connectivity index (χ3n) is 3.84. The standard InChI is InChI=1S/C12H23NS/c1-10-9-14-11(13-10)5-8-12(2)6-3-4-7-12/h10-11,13H,3-9H2,1-2H3/t10-,11?/m1/s1. The summed E-state index contributed by atoms with van der Waals surface area (Å²) in [5.74, 6) is 1.31. The molecule has 2 atom stereocenters. The van der Waals surface area contributed by atoms with Gasteiger partial charge in [-0.05, 0) is 38.0 Å². The van der Waals surface area contributed by atoms with Crippen molar-refractivity contribution in [3.05, 3.63) is 0 Å². The highest BCUT2D eigenvalue weighted by Crippen LogP contribution is 2.42. The molecule has 1 saturated heterocycles. The highest BCUT2D eigenvalue weighted by atomic mass is 32.2. The molecule has 2 aliphatic rings. The van der Waals surface area contributed by atoms with Gasteiger partial charge in [0.25, 0.3) is 0 Å². The van der Waals surface area contributed by atoms with Gasteiger partial charge in [-0.3, -0.25) is 0 Å². The molecule has 1 aliphatic carbocycles. The Labute approximate surface area is 92.4 Å². The minimum Gasteiger partial charge on any atom is -0.302 e. The molecule has 0 amide bonds. The summed E-state index contributed by atoms with van der Waals surface area (Å²) in [6, 6.07) is 0.737. The van der Waals surface area contributed by atoms with Crippen molar-refractivity contribution in [2.45, 2.75) is 63.8 Å². The van der Waals surface area contributed by atoms with E-state index in [1.807, 2.05) is 0 Å². The van der Waals surface area contributed by atoms with Crippen LogP contribution in [0.2, 0.25) is 0 Å². The molecule has 0 aromatic heterocycles. The Morgan fingerprint density at radius 1 is 1.36 bits per heavy atom. The monoisotopic (exact) mass is 213 g/mol. The lowest BCUT2D eigenvalue weighted by molar-refractivity contribution is 0.293. The van der Waals surface area contributed by atoms with Crippen molar-refractivity contribution in [2.75, 3.05) is 5.75 Å². The first-order valence-corrected chi connectivity index (χ1v) is 7.10. The Bertz CT molecular complexity index is 187. The van der Waals surface area contributed by atoms with Gasteiger partial charge in [0, 0.05) is 11.8 Å². The lowest BCUT2D eigenvalue weighted by Gasteiger charge is -2.25. The summed E-state index contributed by atoms with van der Waals surface area (Å²) in [4.78, 5) is 0. The maximum Gasteiger partial charge on any atom is 0.0535 e. The van der Waals surface area contributed by atoms with Crippen LogP contribution in [0, 0.1) is 5.41 Å². The summed E-state index contributed by atoms with van der Waals surface area (Å²) in [6.07, 6.45) is 8.70. The largest absolute Gasteiger partial charge is 0.302 e. The Morgan fingerprint density at radius 2 is 2.07 bits per heavy atom. The van der Waals surface area contributed by atoms with E-state index in [-0.39, 0.29) is 0 Å². The molecule has 1 N–H and O–H groups in total. The summed E-state index contributed by atoms with van der Waals surface area (Å²) in [5, 5.41) is 4.41. The van der Waals surface area contributed by atoms with E-state index in [1.54, 1.807) is 0 Å². The van der Waals surface area contributed by atoms with E-state index in [1.165, 1.54) is 44.3 Å². The molecule has 0 aromatic rings. The van der Waals surface area contributed by atoms with E-state index in [4.69, 9.17) is 0 Å². The van der Waals surface area contributed by atoms with Gasteiger partial charge in [-0.2, -0.15) is 0 Å². The first kappa shape index (κ1) is 10.8. The van der Waals surface area contributed by atoms with E-state index >= 15 is 0 Å². The fraction of sp³-hybridized carbons (Fsp3) is 1.00. The van der Waals surface area contributed by atoms with Crippen molar-refractivity contribution in [1.29, 1.82) is 0 Å². The number of thioether (sulfide) groups is 1. The van der Waals surface area contributed by atoms with Crippen LogP contribution < -0.4 is 5.32 Å². The molecule has 0 spiro atoms. The van der Waals surface area contributed by atoms with Gasteiger partial charge in [0.2, 0.25) is 0 Å². The van der Waals surface area contributed by atoms with Gasteiger partial charge in [-0.1, -0.05) is 19.8 Å². The van der Waals surface area contributed by atoms with Crippen molar-refractivity contribution in [3.63, 3.8) is 0 Å². The van der Waals surface area contributed by atoms with Crippen molar-refractivity contribution in [1.82, 2.24) is 5.32 Å². The van der Waals surface area contributed by atoms with Gasteiger partial charge in [0.1, 0.15) is 0 Å². The second-order valence-corrected chi connectivity index (χ2v) is 6.68. The summed E-state index contributed by atoms with van der Waals surface area (Å²) in [7, 11) is 0. The molecule has 1 unspecified atom stereocenters. The second kappa shape index (κ2) is 4.44. The third-order valence-corrected chi connectivity index (χ3v) is 5.31. The van der Waals surface area contributed by atoms with Crippen LogP contribution in [0.3, 0.4) is 0 Å². The molecule has 1 heterocycles. The van der Waals surface area contributed by atoms with Crippen LogP contribution in [0.15, 0.2) is 0 Å². The SMILES string of the molecule is C[C@@H]1CSC(CCC2(C)CCCC2)N1. The van der Waals surface area contributed by atoms with Gasteiger partial charge < -0.3 is 5.32 Å². The van der Waals surface area contributed by atoms with Crippen molar-refractivity contribution >= 4 is 11.8 Å². The van der Waals surface area contributed by atoms with Crippen LogP contribution in [-0.2, 0) is 0 Å². The van der Waals surface area contributed by atoms with Gasteiger partial charge in [-0.15, -0.1) is 11.8 Å². The number of hydrogen-bond acceptors (Lipinski definition) is 2. The van der Waals surface area contributed by atoms with Crippen LogP contribution in [0.1, 0.15) is 52.4 Å². The topological polar surface area (TPSA) is 12.0 Å². The maximum absolute atomic E-state index is 3.66. The Kier molecular flexibility index (Phi) is 3.43. The van der Waals surface area contributed by atoms with Gasteiger partial charge in [0.15, 0.2) is 0 Å². The number of nitrogens with one attached hydrogen (secondary N) is 1. The Morgan fingerprint density at radius 3 is 2.64 bits per heavy atom. The number of hydrogen-bond donors (Lipinski definition) is 1. The van der Waals surface area contributed by atoms with Crippen LogP contribution in [-0.4, -0.2) is 17.2 Å². The minimum atomic E-state index is 0.689. The summed E-state index contributed by atoms with van der Waals surface area (Å²) in [5.41, 5.74) is 0.689. The maximum atomic E-state index is 3.66. The van der Waals surface area contributed by atoms with E-state index in [0.717, 1.165) is 11.4 Å². The zero-order chi connectivity index (χ0) is 10.0. The molecule has 0 bridgehead atoms. The second-order valence-electron chi connectivity index (χ2n) is 5.45. The quantitative estimate of drug-likeness (QED) is 0.771. The Hall–Kier alpha value is 0.310. The van der Waals surface area contributed by atoms with Gasteiger partial charge in [0.05, 0.1) is 5.37 Å². The highest BCUT2D eigenvalue weighted by molar-refractivity contribution is 8.00. The number of rotatable bonds is 3. The zero-order valence-corrected chi connectivity index (χ0v) is 10.3. The molecule has 2 heteroatoms. The van der Waals surface area contributed by atoms with E-state index in [0.29, 0.717) is 5.41 Å². The average molecular weight is 213 g/mol. The highest BCUT2D eigenvalue weighted by Gasteiger charge is 2.30. The third kappa shape index (κ3) is 2.66. The molecule has 0 aromatic carbocycles. The summed E-state index contributed by atoms with van der Waals surface area (Å²) < 4.78 is 0. The normalized spacial score (nSPS) is 36.4. The zero-order valence-electron chi connectivity index (χ0n) is 9.51. The van der Waals surface area contributed by atoms with E-state index in [2.05, 4.69) is 30.9 Å². The molecule has 1 saturated carbocycles. The molecular weight excluding hydrogens is 190 g/mol. The van der Waals surface area contributed by atoms with Crippen LogP contribution in [0.5, 0.6) is 0 Å². The van der Waals surface area contributed by atoms with Crippen molar-refractivity contribution in [3.8, 4) is 0 Å². The lowest BCUT2D eigenvalue weighted by Crippen LogP contribution is -2.28. The molecular formula is C12H23NS. The first-order valence-electron chi connectivity index (χ1n) is 6.06. The van der Waals surface area contributed by atoms with E-state index in [9.17, 15) is 0 Å². The smallest absolute Gasteiger partial charge is 0.0535 e. The van der Waals surface area contributed by atoms with Crippen LogP contribution in [0.4, 0.5) is 0 Å². The summed E-state index contributed by atoms with van der Waals surface area (Å²) >= 11 is 2.12. The molecule has 2 rings (SSSR count). The fourth-order valence-corrected chi connectivity index (χ4v) is 4.03. The van der Waals surface area contributed by atoms with Crippen molar-refractivity contribution < 1.29 is 0 Å². The van der Waals surface area contributed by atoms with Crippen LogP contribution in [0.25, 0.3) is 0 Å². The molecule has 0 radical (unpaired) electrons. The predicted octanol–water partition coefficient (Wildman–Crippen LogP) is 3.40. The molecule has 1 nitrogen and oxygen atoms in total. The fourth-order valence-electron chi connectivity index (χ4n) is 2.80. The lowest BCUT2D eigenvalue weighted by atomic mass is 9.84. The van der Waals surface area contributed by atoms with Gasteiger partial charge >= 0.3 is 0 Å². The molecule has 1 aliphatic heterocycles. The van der Waals surface area contributed by atoms with Gasteiger partial charge in [-0.25, -0.2) is 0 Å². The minimum absolute atomic E-state index is 0.689. The van der Waals surface area contributed by atoms with Crippen LogP contribution >= 0.6 is 11.8 Å². The predicted molar refractivity (Wildman–Crippen MR) is 64.7 cm³/mol. The van der Waals surface area contributed by atoms with Crippen molar-refractivity contribution in [2.24, 2.45) is 5.41 Å². The summed E-state index contributed by atoms with van der Waals surface area (Å²) in [6.45, 7) is 4.79. The Balaban J connectivity index is 1.71. The molecule has 82 valence electrons. The first-order chi connectivity index (χ1) is 6.68. The molecule has 14 heavy (non-hydrogen) atoms. The average Bonchev–Trinajstić information content (AvgIpc) is 2.73.